The predicted molar refractivity (Wildman–Crippen MR) is 129 cm³/mol. The minimum atomic E-state index is -2.85. The summed E-state index contributed by atoms with van der Waals surface area (Å²) in [6, 6.07) is 19.3. The second-order valence-corrected chi connectivity index (χ2v) is 13.0. The van der Waals surface area contributed by atoms with Gasteiger partial charge in [0.1, 0.15) is 0 Å². The van der Waals surface area contributed by atoms with Crippen LogP contribution in [0.4, 0.5) is 4.79 Å². The molecule has 0 saturated heterocycles. The van der Waals surface area contributed by atoms with Gasteiger partial charge in [-0.25, -0.2) is 9.59 Å². The molecule has 32 heavy (non-hydrogen) atoms. The van der Waals surface area contributed by atoms with Crippen molar-refractivity contribution in [2.75, 3.05) is 20.3 Å². The number of rotatable bonds is 10. The van der Waals surface area contributed by atoms with Gasteiger partial charge >= 0.3 is 12.1 Å². The molecular formula is C25H35NO5Si. The molecular weight excluding hydrogens is 422 g/mol. The third-order valence-corrected chi connectivity index (χ3v) is 10.4. The smallest absolute Gasteiger partial charge is 0.407 e. The van der Waals surface area contributed by atoms with Gasteiger partial charge in [-0.3, -0.25) is 0 Å². The number of benzene rings is 2. The number of unbranched alkanes of at least 4 members (excludes halogenated alkanes) is 1. The highest BCUT2D eigenvalue weighted by Gasteiger charge is 2.50. The number of hydrogen-bond acceptors (Lipinski definition) is 5. The van der Waals surface area contributed by atoms with Crippen LogP contribution in [0.5, 0.6) is 0 Å². The molecule has 0 fully saturated rings. The van der Waals surface area contributed by atoms with Gasteiger partial charge in [0, 0.05) is 0 Å². The summed E-state index contributed by atoms with van der Waals surface area (Å²) in [6.07, 6.45) is 1.01. The molecule has 6 nitrogen and oxygen atoms in total. The lowest BCUT2D eigenvalue weighted by Crippen LogP contribution is -2.67. The van der Waals surface area contributed by atoms with E-state index in [2.05, 4.69) is 50.4 Å². The van der Waals surface area contributed by atoms with Crippen LogP contribution in [0.1, 0.15) is 40.5 Å². The lowest BCUT2D eigenvalue weighted by molar-refractivity contribution is -0.143. The number of carbonyl (C=O) groups is 2. The third-order valence-electron chi connectivity index (χ3n) is 5.39. The van der Waals surface area contributed by atoms with Gasteiger partial charge < -0.3 is 19.2 Å². The topological polar surface area (TPSA) is 73.9 Å². The van der Waals surface area contributed by atoms with E-state index >= 15 is 0 Å². The van der Waals surface area contributed by atoms with Gasteiger partial charge in [-0.05, 0) is 21.8 Å². The zero-order chi connectivity index (χ0) is 23.6. The molecule has 2 aromatic carbocycles. The van der Waals surface area contributed by atoms with Crippen LogP contribution < -0.4 is 15.7 Å². The van der Waals surface area contributed by atoms with Crippen molar-refractivity contribution < 1.29 is 23.5 Å². The maximum absolute atomic E-state index is 12.5. The Kier molecular flexibility index (Phi) is 9.47. The summed E-state index contributed by atoms with van der Waals surface area (Å²) in [6.45, 7) is 8.74. The quantitative estimate of drug-likeness (QED) is 0.335. The highest BCUT2D eigenvalue weighted by molar-refractivity contribution is 6.99. The molecule has 1 atom stereocenters. The van der Waals surface area contributed by atoms with E-state index < -0.39 is 26.4 Å². The van der Waals surface area contributed by atoms with Crippen molar-refractivity contribution >= 4 is 30.8 Å². The molecule has 0 saturated carbocycles. The summed E-state index contributed by atoms with van der Waals surface area (Å²) in [5, 5.41) is 4.54. The first-order valence-corrected chi connectivity index (χ1v) is 12.9. The van der Waals surface area contributed by atoms with Crippen molar-refractivity contribution in [3.8, 4) is 0 Å². The summed E-state index contributed by atoms with van der Waals surface area (Å²) in [5.41, 5.74) is 0. The molecule has 0 heterocycles. The Bertz CT molecular complexity index is 812. The minimum absolute atomic E-state index is 0.0250. The minimum Gasteiger partial charge on any atom is -0.467 e. The number of carbonyl (C=O) groups excluding carboxylic acids is 2. The van der Waals surface area contributed by atoms with Gasteiger partial charge in [0.25, 0.3) is 8.32 Å². The Balaban J connectivity index is 2.39. The fourth-order valence-electron chi connectivity index (χ4n) is 3.77. The molecule has 0 aliphatic carbocycles. The van der Waals surface area contributed by atoms with Crippen molar-refractivity contribution in [1.82, 2.24) is 5.32 Å². The van der Waals surface area contributed by atoms with Crippen LogP contribution in [-0.2, 0) is 18.7 Å². The second kappa shape index (κ2) is 11.8. The molecule has 1 N–H and O–H groups in total. The molecule has 0 radical (unpaired) electrons. The van der Waals surface area contributed by atoms with Gasteiger partial charge in [0.15, 0.2) is 6.04 Å². The Morgan fingerprint density at radius 1 is 0.969 bits per heavy atom. The fraction of sp³-hybridized carbons (Fsp3) is 0.440. The Morgan fingerprint density at radius 2 is 1.50 bits per heavy atom. The van der Waals surface area contributed by atoms with E-state index in [4.69, 9.17) is 13.9 Å². The van der Waals surface area contributed by atoms with Crippen LogP contribution >= 0.6 is 0 Å². The van der Waals surface area contributed by atoms with E-state index in [9.17, 15) is 9.59 Å². The first-order chi connectivity index (χ1) is 15.3. The van der Waals surface area contributed by atoms with E-state index in [0.717, 1.165) is 23.2 Å². The monoisotopic (exact) mass is 457 g/mol. The lowest BCUT2D eigenvalue weighted by atomic mass is 10.2. The van der Waals surface area contributed by atoms with Crippen molar-refractivity contribution in [2.45, 2.75) is 51.6 Å². The van der Waals surface area contributed by atoms with E-state index in [0.29, 0.717) is 6.61 Å². The van der Waals surface area contributed by atoms with Crippen LogP contribution in [0.2, 0.25) is 5.04 Å². The van der Waals surface area contributed by atoms with Crippen LogP contribution in [0.25, 0.3) is 0 Å². The fourth-order valence-corrected chi connectivity index (χ4v) is 8.35. The number of nitrogens with one attached hydrogen (secondary N) is 1. The predicted octanol–water partition coefficient (Wildman–Crippen LogP) is 3.63. The largest absolute Gasteiger partial charge is 0.467 e. The molecule has 7 heteroatoms. The molecule has 0 aliphatic heterocycles. The summed E-state index contributed by atoms with van der Waals surface area (Å²) in [4.78, 5) is 24.7. The average Bonchev–Trinajstić information content (AvgIpc) is 2.79. The Morgan fingerprint density at radius 3 is 1.94 bits per heavy atom. The first kappa shape index (κ1) is 25.6. The normalized spacial score (nSPS) is 12.7. The number of ether oxygens (including phenoxy) is 2. The molecule has 0 aromatic heterocycles. The Hall–Kier alpha value is -2.64. The van der Waals surface area contributed by atoms with Crippen molar-refractivity contribution in [2.24, 2.45) is 0 Å². The molecule has 2 aromatic rings. The maximum atomic E-state index is 12.5. The highest BCUT2D eigenvalue weighted by Crippen LogP contribution is 2.36. The van der Waals surface area contributed by atoms with E-state index in [-0.39, 0.29) is 11.6 Å². The van der Waals surface area contributed by atoms with Gasteiger partial charge in [-0.1, -0.05) is 94.8 Å². The molecule has 0 aliphatic rings. The van der Waals surface area contributed by atoms with Gasteiger partial charge in [-0.15, -0.1) is 0 Å². The number of hydrogen-bond donors (Lipinski definition) is 1. The van der Waals surface area contributed by atoms with Crippen molar-refractivity contribution in [3.63, 3.8) is 0 Å². The molecule has 2 rings (SSSR count). The zero-order valence-corrected chi connectivity index (χ0v) is 20.7. The summed E-state index contributed by atoms with van der Waals surface area (Å²) >= 11 is 0. The van der Waals surface area contributed by atoms with Gasteiger partial charge in [-0.2, -0.15) is 0 Å². The van der Waals surface area contributed by atoms with E-state index in [1.54, 1.807) is 0 Å². The van der Waals surface area contributed by atoms with Crippen LogP contribution in [-0.4, -0.2) is 46.7 Å². The summed E-state index contributed by atoms with van der Waals surface area (Å²) in [5.74, 6) is -0.574. The zero-order valence-electron chi connectivity index (χ0n) is 19.7. The summed E-state index contributed by atoms with van der Waals surface area (Å²) in [7, 11) is -1.56. The third kappa shape index (κ3) is 6.20. The molecule has 0 spiro atoms. The molecule has 1 unspecified atom stereocenters. The van der Waals surface area contributed by atoms with Gasteiger partial charge in [0.05, 0.1) is 20.3 Å². The molecule has 1 amide bonds. The lowest BCUT2D eigenvalue weighted by Gasteiger charge is -2.43. The Labute approximate surface area is 192 Å². The van der Waals surface area contributed by atoms with Gasteiger partial charge in [0.2, 0.25) is 0 Å². The molecule has 174 valence electrons. The number of methoxy groups -OCH3 is 1. The summed E-state index contributed by atoms with van der Waals surface area (Å²) < 4.78 is 16.8. The van der Waals surface area contributed by atoms with E-state index in [1.165, 1.54) is 7.11 Å². The number of amides is 1. The highest BCUT2D eigenvalue weighted by atomic mass is 28.4. The standard InChI is InChI=1S/C25H35NO5Si/c1-6-7-18-30-24(28)26-22(23(27)29-5)19-31-32(25(2,3)4,20-14-10-8-11-15-20)21-16-12-9-13-17-21/h8-17,22H,6-7,18-19H2,1-5H3,(H,26,28). The van der Waals surface area contributed by atoms with Crippen LogP contribution in [0, 0.1) is 0 Å². The number of alkyl carbamates (subject to hydrolysis) is 1. The van der Waals surface area contributed by atoms with Crippen molar-refractivity contribution in [3.05, 3.63) is 60.7 Å². The average molecular weight is 458 g/mol. The molecule has 0 bridgehead atoms. The van der Waals surface area contributed by atoms with Crippen molar-refractivity contribution in [1.29, 1.82) is 0 Å². The SMILES string of the molecule is CCCCOC(=O)NC(CO[Si](c1ccccc1)(c1ccccc1)C(C)(C)C)C(=O)OC. The van der Waals surface area contributed by atoms with E-state index in [1.807, 2.05) is 43.3 Å². The van der Waals surface area contributed by atoms with Crippen LogP contribution in [0.15, 0.2) is 60.7 Å². The second-order valence-electron chi connectivity index (χ2n) is 8.68. The maximum Gasteiger partial charge on any atom is 0.407 e. The van der Waals surface area contributed by atoms with Crippen LogP contribution in [0.3, 0.4) is 0 Å². The first-order valence-electron chi connectivity index (χ1n) is 11.0. The number of esters is 1.